The minimum Gasteiger partial charge on any atom is -0.487 e. The third-order valence-corrected chi connectivity index (χ3v) is 6.57. The molecule has 2 aromatic carbocycles. The van der Waals surface area contributed by atoms with Gasteiger partial charge in [-0.15, -0.1) is 13.2 Å². The monoisotopic (exact) mass is 438 g/mol. The van der Waals surface area contributed by atoms with Crippen molar-refractivity contribution in [2.24, 2.45) is 0 Å². The lowest BCUT2D eigenvalue weighted by molar-refractivity contribution is -0.274. The summed E-state index contributed by atoms with van der Waals surface area (Å²) >= 11 is 0. The van der Waals surface area contributed by atoms with Crippen molar-refractivity contribution in [3.63, 3.8) is 0 Å². The van der Waals surface area contributed by atoms with Crippen LogP contribution in [0.4, 0.5) is 13.2 Å². The van der Waals surface area contributed by atoms with E-state index in [2.05, 4.69) is 9.72 Å². The fraction of sp³-hybridized carbons (Fsp3) is 0.250. The molecule has 30 heavy (non-hydrogen) atoms. The first-order valence-corrected chi connectivity index (χ1v) is 10.5. The van der Waals surface area contributed by atoms with Crippen LogP contribution in [0.25, 0.3) is 10.9 Å². The maximum Gasteiger partial charge on any atom is 0.573 e. The Hall–Kier alpha value is -2.85. The molecule has 1 aliphatic heterocycles. The van der Waals surface area contributed by atoms with E-state index in [1.807, 2.05) is 24.3 Å². The minimum absolute atomic E-state index is 0.107. The molecule has 0 amide bonds. The Bertz CT molecular complexity index is 1150. The number of para-hydroxylation sites is 1. The normalized spacial score (nSPS) is 17.9. The maximum atomic E-state index is 12.8. The number of hydrogen-bond acceptors (Lipinski definition) is 5. The Kier molecular flexibility index (Phi) is 5.29. The standard InChI is InChI=1S/C20H17F3N2O4S/c21-20(22,23)29-15-6-8-17(9-7-15)30(26,27)25-12-10-16(13-25)28-18-5-1-3-14-4-2-11-24-19(14)18/h1-9,11,16H,10,12-13H2/t16-/m0/s1. The van der Waals surface area contributed by atoms with E-state index in [4.69, 9.17) is 4.74 Å². The predicted octanol–water partition coefficient (Wildman–Crippen LogP) is 3.98. The van der Waals surface area contributed by atoms with Gasteiger partial charge in [-0.1, -0.05) is 18.2 Å². The largest absolute Gasteiger partial charge is 0.573 e. The van der Waals surface area contributed by atoms with Crippen LogP contribution in [0.1, 0.15) is 6.42 Å². The zero-order chi connectivity index (χ0) is 21.4. The summed E-state index contributed by atoms with van der Waals surface area (Å²) < 4.78 is 73.5. The highest BCUT2D eigenvalue weighted by Gasteiger charge is 2.35. The smallest absolute Gasteiger partial charge is 0.487 e. The SMILES string of the molecule is O=S(=O)(c1ccc(OC(F)(F)F)cc1)N1CC[C@H](Oc2cccc3cccnc23)C1. The Morgan fingerprint density at radius 3 is 2.50 bits per heavy atom. The number of nitrogens with zero attached hydrogens (tertiary/aromatic N) is 2. The highest BCUT2D eigenvalue weighted by Crippen LogP contribution is 2.29. The van der Waals surface area contributed by atoms with Crippen molar-refractivity contribution in [3.8, 4) is 11.5 Å². The molecular formula is C20H17F3N2O4S. The molecule has 1 saturated heterocycles. The predicted molar refractivity (Wildman–Crippen MR) is 103 cm³/mol. The topological polar surface area (TPSA) is 68.7 Å². The van der Waals surface area contributed by atoms with Crippen LogP contribution >= 0.6 is 0 Å². The van der Waals surface area contributed by atoms with Crippen molar-refractivity contribution in [1.29, 1.82) is 0 Å². The number of rotatable bonds is 5. The average Bonchev–Trinajstić information content (AvgIpc) is 3.17. The molecular weight excluding hydrogens is 421 g/mol. The van der Waals surface area contributed by atoms with Gasteiger partial charge in [-0.05, 0) is 42.8 Å². The van der Waals surface area contributed by atoms with E-state index >= 15 is 0 Å². The number of sulfonamides is 1. The Morgan fingerprint density at radius 2 is 1.77 bits per heavy atom. The van der Waals surface area contributed by atoms with Crippen LogP contribution in [0.3, 0.4) is 0 Å². The van der Waals surface area contributed by atoms with Gasteiger partial charge in [-0.2, -0.15) is 4.31 Å². The molecule has 1 fully saturated rings. The molecule has 0 unspecified atom stereocenters. The molecule has 0 saturated carbocycles. The minimum atomic E-state index is -4.84. The summed E-state index contributed by atoms with van der Waals surface area (Å²) in [5.74, 6) is 0.0959. The van der Waals surface area contributed by atoms with E-state index in [1.165, 1.54) is 4.31 Å². The summed E-state index contributed by atoms with van der Waals surface area (Å²) in [7, 11) is -3.87. The summed E-state index contributed by atoms with van der Waals surface area (Å²) in [6, 6.07) is 13.4. The van der Waals surface area contributed by atoms with Crippen molar-refractivity contribution in [3.05, 3.63) is 60.8 Å². The van der Waals surface area contributed by atoms with Gasteiger partial charge >= 0.3 is 6.36 Å². The lowest BCUT2D eigenvalue weighted by atomic mass is 10.2. The number of alkyl halides is 3. The van der Waals surface area contributed by atoms with E-state index in [1.54, 1.807) is 12.3 Å². The van der Waals surface area contributed by atoms with Crippen molar-refractivity contribution in [2.75, 3.05) is 13.1 Å². The van der Waals surface area contributed by atoms with Crippen LogP contribution in [0.15, 0.2) is 65.7 Å². The van der Waals surface area contributed by atoms with E-state index in [0.29, 0.717) is 17.7 Å². The lowest BCUT2D eigenvalue weighted by Gasteiger charge is -2.18. The number of pyridine rings is 1. The van der Waals surface area contributed by atoms with Gasteiger partial charge < -0.3 is 9.47 Å². The zero-order valence-electron chi connectivity index (χ0n) is 15.5. The summed E-state index contributed by atoms with van der Waals surface area (Å²) in [6.45, 7) is 0.373. The second kappa shape index (κ2) is 7.77. The third kappa shape index (κ3) is 4.34. The molecule has 0 spiro atoms. The molecule has 158 valence electrons. The van der Waals surface area contributed by atoms with Gasteiger partial charge in [0.05, 0.1) is 11.4 Å². The van der Waals surface area contributed by atoms with Crippen LogP contribution in [-0.2, 0) is 10.0 Å². The lowest BCUT2D eigenvalue weighted by Crippen LogP contribution is -2.31. The molecule has 0 bridgehead atoms. The first kappa shape index (κ1) is 20.4. The summed E-state index contributed by atoms with van der Waals surface area (Å²) in [4.78, 5) is 4.22. The molecule has 1 aliphatic rings. The van der Waals surface area contributed by atoms with E-state index in [-0.39, 0.29) is 24.1 Å². The molecule has 0 aliphatic carbocycles. The van der Waals surface area contributed by atoms with Crippen LogP contribution in [0, 0.1) is 0 Å². The summed E-state index contributed by atoms with van der Waals surface area (Å²) in [5.41, 5.74) is 0.696. The quantitative estimate of drug-likeness (QED) is 0.603. The van der Waals surface area contributed by atoms with Gasteiger partial charge in [0.25, 0.3) is 0 Å². The first-order chi connectivity index (χ1) is 14.2. The fourth-order valence-corrected chi connectivity index (χ4v) is 4.81. The molecule has 10 heteroatoms. The maximum absolute atomic E-state index is 12.8. The highest BCUT2D eigenvalue weighted by molar-refractivity contribution is 7.89. The Balaban J connectivity index is 1.47. The second-order valence-corrected chi connectivity index (χ2v) is 8.68. The van der Waals surface area contributed by atoms with Crippen molar-refractivity contribution in [1.82, 2.24) is 9.29 Å². The molecule has 0 radical (unpaired) electrons. The van der Waals surface area contributed by atoms with Crippen LogP contribution in [0.5, 0.6) is 11.5 Å². The summed E-state index contributed by atoms with van der Waals surface area (Å²) in [6.07, 6.45) is -3.05. The number of fused-ring (bicyclic) bond motifs is 1. The molecule has 3 aromatic rings. The average molecular weight is 438 g/mol. The van der Waals surface area contributed by atoms with Gasteiger partial charge in [0, 0.05) is 18.1 Å². The zero-order valence-corrected chi connectivity index (χ0v) is 16.4. The van der Waals surface area contributed by atoms with Crippen molar-refractivity contribution < 1.29 is 31.1 Å². The van der Waals surface area contributed by atoms with Gasteiger partial charge in [0.2, 0.25) is 10.0 Å². The Labute approximate surface area is 170 Å². The third-order valence-electron chi connectivity index (χ3n) is 4.69. The molecule has 6 nitrogen and oxygen atoms in total. The van der Waals surface area contributed by atoms with Gasteiger partial charge in [-0.3, -0.25) is 4.98 Å². The first-order valence-electron chi connectivity index (χ1n) is 9.09. The number of aromatic nitrogens is 1. The number of hydrogen-bond donors (Lipinski definition) is 0. The van der Waals surface area contributed by atoms with Crippen molar-refractivity contribution >= 4 is 20.9 Å². The van der Waals surface area contributed by atoms with E-state index in [9.17, 15) is 21.6 Å². The molecule has 1 aromatic heterocycles. The van der Waals surface area contributed by atoms with Crippen LogP contribution in [0.2, 0.25) is 0 Å². The van der Waals surface area contributed by atoms with Crippen LogP contribution in [-0.4, -0.2) is 43.3 Å². The second-order valence-electron chi connectivity index (χ2n) is 6.74. The fourth-order valence-electron chi connectivity index (χ4n) is 3.33. The van der Waals surface area contributed by atoms with Gasteiger partial charge in [0.1, 0.15) is 23.1 Å². The van der Waals surface area contributed by atoms with Crippen molar-refractivity contribution in [2.45, 2.75) is 23.8 Å². The number of ether oxygens (including phenoxy) is 2. The number of benzene rings is 2. The van der Waals surface area contributed by atoms with Gasteiger partial charge in [0.15, 0.2) is 0 Å². The summed E-state index contributed by atoms with van der Waals surface area (Å²) in [5, 5.41) is 0.915. The van der Waals surface area contributed by atoms with Gasteiger partial charge in [-0.25, -0.2) is 8.42 Å². The molecule has 2 heterocycles. The molecule has 1 atom stereocenters. The van der Waals surface area contributed by atoms with E-state index < -0.39 is 22.1 Å². The molecule has 0 N–H and O–H groups in total. The Morgan fingerprint density at radius 1 is 1.03 bits per heavy atom. The molecule has 4 rings (SSSR count). The number of halogens is 3. The van der Waals surface area contributed by atoms with Crippen LogP contribution < -0.4 is 9.47 Å². The van der Waals surface area contributed by atoms with E-state index in [0.717, 1.165) is 29.7 Å². The highest BCUT2D eigenvalue weighted by atomic mass is 32.2.